The summed E-state index contributed by atoms with van der Waals surface area (Å²) < 4.78 is 0. The van der Waals surface area contributed by atoms with Gasteiger partial charge in [-0.1, -0.05) is 63.9 Å². The van der Waals surface area contributed by atoms with Crippen LogP contribution in [0.3, 0.4) is 0 Å². The Kier molecular flexibility index (Phi) is 7.85. The maximum atomic E-state index is 4.20. The number of likely N-dealkylation sites (tertiary alicyclic amines) is 1. The molecule has 21 heavy (non-hydrogen) atoms. The molecule has 2 rings (SSSR count). The molecular formula is C20H37N. The minimum absolute atomic E-state index is 0.759. The molecule has 1 heteroatoms. The van der Waals surface area contributed by atoms with Gasteiger partial charge in [0.05, 0.1) is 0 Å². The van der Waals surface area contributed by atoms with Crippen LogP contribution < -0.4 is 0 Å². The molecule has 0 amide bonds. The summed E-state index contributed by atoms with van der Waals surface area (Å²) >= 11 is 0. The fourth-order valence-corrected chi connectivity index (χ4v) is 4.66. The Balaban J connectivity index is 2.05. The average molecular weight is 292 g/mol. The summed E-state index contributed by atoms with van der Waals surface area (Å²) in [5.41, 5.74) is 0. The topological polar surface area (TPSA) is 3.24 Å². The van der Waals surface area contributed by atoms with E-state index in [0.29, 0.717) is 0 Å². The van der Waals surface area contributed by atoms with E-state index < -0.39 is 0 Å². The van der Waals surface area contributed by atoms with Crippen LogP contribution in [0.15, 0.2) is 12.7 Å². The third-order valence-electron chi connectivity index (χ3n) is 6.00. The Hall–Kier alpha value is -0.300. The van der Waals surface area contributed by atoms with Crippen molar-refractivity contribution in [2.75, 3.05) is 13.6 Å². The molecule has 1 nitrogen and oxygen atoms in total. The molecule has 1 heterocycles. The zero-order chi connectivity index (χ0) is 14.9. The van der Waals surface area contributed by atoms with E-state index in [1.54, 1.807) is 0 Å². The van der Waals surface area contributed by atoms with E-state index in [0.717, 1.165) is 17.9 Å². The molecule has 0 bridgehead atoms. The molecule has 0 aromatic heterocycles. The molecule has 1 saturated heterocycles. The van der Waals surface area contributed by atoms with E-state index in [2.05, 4.69) is 24.6 Å². The Bertz CT molecular complexity index is 286. The maximum absolute atomic E-state index is 4.20. The minimum Gasteiger partial charge on any atom is -0.303 e. The van der Waals surface area contributed by atoms with Gasteiger partial charge in [-0.05, 0) is 51.1 Å². The number of allylic oxidation sites excluding steroid dienone is 1. The van der Waals surface area contributed by atoms with Crippen LogP contribution in [-0.4, -0.2) is 24.5 Å². The van der Waals surface area contributed by atoms with Crippen LogP contribution >= 0.6 is 0 Å². The molecule has 122 valence electrons. The summed E-state index contributed by atoms with van der Waals surface area (Å²) in [5, 5.41) is 0. The molecular weight excluding hydrogens is 254 g/mol. The molecule has 2 aliphatic rings. The third-order valence-corrected chi connectivity index (χ3v) is 6.00. The van der Waals surface area contributed by atoms with Gasteiger partial charge in [0.25, 0.3) is 0 Å². The zero-order valence-corrected chi connectivity index (χ0v) is 14.4. The number of nitrogens with zero attached hydrogens (tertiary/aromatic N) is 1. The second-order valence-corrected chi connectivity index (χ2v) is 7.51. The molecule has 1 aliphatic heterocycles. The second kappa shape index (κ2) is 9.66. The lowest BCUT2D eigenvalue weighted by atomic mass is 9.76. The van der Waals surface area contributed by atoms with Crippen molar-refractivity contribution in [2.45, 2.75) is 89.5 Å². The van der Waals surface area contributed by atoms with Crippen LogP contribution in [0, 0.1) is 11.8 Å². The fourth-order valence-electron chi connectivity index (χ4n) is 4.66. The maximum Gasteiger partial charge on any atom is 0.0126 e. The van der Waals surface area contributed by atoms with Crippen molar-refractivity contribution in [3.05, 3.63) is 12.7 Å². The zero-order valence-electron chi connectivity index (χ0n) is 14.4. The first-order chi connectivity index (χ1) is 10.3. The first-order valence-corrected chi connectivity index (χ1v) is 9.65. The highest BCUT2D eigenvalue weighted by atomic mass is 15.1. The lowest BCUT2D eigenvalue weighted by Gasteiger charge is -2.40. The molecule has 2 fully saturated rings. The predicted octanol–water partition coefficient (Wildman–Crippen LogP) is 5.80. The van der Waals surface area contributed by atoms with Gasteiger partial charge in [-0.3, -0.25) is 0 Å². The molecule has 0 aromatic rings. The first-order valence-electron chi connectivity index (χ1n) is 9.65. The second-order valence-electron chi connectivity index (χ2n) is 7.51. The van der Waals surface area contributed by atoms with Crippen LogP contribution in [0.1, 0.15) is 83.5 Å². The Morgan fingerprint density at radius 3 is 2.05 bits per heavy atom. The van der Waals surface area contributed by atoms with Gasteiger partial charge < -0.3 is 4.90 Å². The summed E-state index contributed by atoms with van der Waals surface area (Å²) in [5.74, 6) is 1.62. The highest BCUT2D eigenvalue weighted by Gasteiger charge is 2.30. The Labute approximate surface area is 133 Å². The normalized spacial score (nSPS) is 34.6. The molecule has 1 aliphatic carbocycles. The van der Waals surface area contributed by atoms with Gasteiger partial charge in [0.15, 0.2) is 0 Å². The highest BCUT2D eigenvalue weighted by Crippen LogP contribution is 2.34. The minimum atomic E-state index is 0.759. The van der Waals surface area contributed by atoms with Crippen LogP contribution in [-0.2, 0) is 0 Å². The average Bonchev–Trinajstić information content (AvgIpc) is 2.49. The van der Waals surface area contributed by atoms with Gasteiger partial charge in [0, 0.05) is 6.04 Å². The van der Waals surface area contributed by atoms with Crippen molar-refractivity contribution >= 4 is 0 Å². The van der Waals surface area contributed by atoms with E-state index in [1.165, 1.54) is 90.0 Å². The van der Waals surface area contributed by atoms with Crippen molar-refractivity contribution in [2.24, 2.45) is 11.8 Å². The Morgan fingerprint density at radius 2 is 1.33 bits per heavy atom. The monoisotopic (exact) mass is 291 g/mol. The van der Waals surface area contributed by atoms with E-state index in [4.69, 9.17) is 0 Å². The highest BCUT2D eigenvalue weighted by molar-refractivity contribution is 4.92. The number of rotatable bonds is 2. The van der Waals surface area contributed by atoms with Gasteiger partial charge in [-0.15, -0.1) is 6.58 Å². The van der Waals surface area contributed by atoms with E-state index in [9.17, 15) is 0 Å². The summed E-state index contributed by atoms with van der Waals surface area (Å²) in [7, 11) is 2.38. The van der Waals surface area contributed by atoms with Crippen LogP contribution in [0.25, 0.3) is 0 Å². The largest absolute Gasteiger partial charge is 0.303 e. The molecule has 0 aromatic carbocycles. The van der Waals surface area contributed by atoms with Crippen molar-refractivity contribution in [3.63, 3.8) is 0 Å². The van der Waals surface area contributed by atoms with Gasteiger partial charge in [-0.25, -0.2) is 0 Å². The van der Waals surface area contributed by atoms with Crippen molar-refractivity contribution in [1.82, 2.24) is 4.90 Å². The molecule has 0 spiro atoms. The SMILES string of the molecule is C=CC1CCCCCCCCC1C1CCCCCCN1C. The summed E-state index contributed by atoms with van der Waals surface area (Å²) in [6.07, 6.45) is 21.0. The quantitative estimate of drug-likeness (QED) is 0.581. The summed E-state index contributed by atoms with van der Waals surface area (Å²) in [4.78, 5) is 2.70. The van der Waals surface area contributed by atoms with Crippen molar-refractivity contribution < 1.29 is 0 Å². The van der Waals surface area contributed by atoms with Crippen LogP contribution in [0.2, 0.25) is 0 Å². The fraction of sp³-hybridized carbons (Fsp3) is 0.900. The van der Waals surface area contributed by atoms with Gasteiger partial charge in [0.1, 0.15) is 0 Å². The molecule has 3 unspecified atom stereocenters. The molecule has 3 atom stereocenters. The van der Waals surface area contributed by atoms with Gasteiger partial charge in [0.2, 0.25) is 0 Å². The lowest BCUT2D eigenvalue weighted by molar-refractivity contribution is 0.110. The van der Waals surface area contributed by atoms with Crippen molar-refractivity contribution in [3.8, 4) is 0 Å². The van der Waals surface area contributed by atoms with Crippen molar-refractivity contribution in [1.29, 1.82) is 0 Å². The number of hydrogen-bond donors (Lipinski definition) is 0. The van der Waals surface area contributed by atoms with E-state index in [-0.39, 0.29) is 0 Å². The lowest BCUT2D eigenvalue weighted by Crippen LogP contribution is -2.42. The first kappa shape index (κ1) is 17.1. The standard InChI is InChI=1S/C20H37N/c1-3-18-14-10-6-4-5-7-11-15-19(18)20-16-12-8-9-13-17-21(20)2/h3,18-20H,1,4-17H2,2H3. The van der Waals surface area contributed by atoms with Gasteiger partial charge in [-0.2, -0.15) is 0 Å². The van der Waals surface area contributed by atoms with Gasteiger partial charge >= 0.3 is 0 Å². The summed E-state index contributed by atoms with van der Waals surface area (Å²) in [6, 6.07) is 0.813. The van der Waals surface area contributed by atoms with E-state index in [1.807, 2.05) is 0 Å². The smallest absolute Gasteiger partial charge is 0.0126 e. The Morgan fingerprint density at radius 1 is 0.762 bits per heavy atom. The van der Waals surface area contributed by atoms with Crippen LogP contribution in [0.5, 0.6) is 0 Å². The molecule has 0 N–H and O–H groups in total. The molecule has 0 radical (unpaired) electrons. The third kappa shape index (κ3) is 5.43. The predicted molar refractivity (Wildman–Crippen MR) is 93.6 cm³/mol. The number of hydrogen-bond acceptors (Lipinski definition) is 1. The molecule has 1 saturated carbocycles. The van der Waals surface area contributed by atoms with E-state index >= 15 is 0 Å². The summed E-state index contributed by atoms with van der Waals surface area (Å²) in [6.45, 7) is 5.51. The van der Waals surface area contributed by atoms with Crippen LogP contribution in [0.4, 0.5) is 0 Å².